The highest BCUT2D eigenvalue weighted by Gasteiger charge is 2.23. The highest BCUT2D eigenvalue weighted by Crippen LogP contribution is 2.41. The molecule has 0 atom stereocenters. The molecule has 0 aliphatic heterocycles. The smallest absolute Gasteiger partial charge is 0.119 e. The molecule has 2 nitrogen and oxygen atoms in total. The van der Waals surface area contributed by atoms with Gasteiger partial charge in [0.1, 0.15) is 5.01 Å². The van der Waals surface area contributed by atoms with Crippen LogP contribution in [0.3, 0.4) is 0 Å². The number of aromatic nitrogens is 1. The topological polar surface area (TPSA) is 33.1 Å². The minimum Gasteiger partial charge on any atom is -0.389 e. The van der Waals surface area contributed by atoms with Gasteiger partial charge in [-0.2, -0.15) is 0 Å². The summed E-state index contributed by atoms with van der Waals surface area (Å²) >= 11 is 1.58. The molecule has 0 unspecified atom stereocenters. The third kappa shape index (κ3) is 1.33. The molecule has 0 bridgehead atoms. The first-order valence-corrected chi connectivity index (χ1v) is 5.68. The lowest BCUT2D eigenvalue weighted by molar-refractivity contribution is 0.281. The van der Waals surface area contributed by atoms with Gasteiger partial charge in [-0.1, -0.05) is 6.07 Å². The van der Waals surface area contributed by atoms with E-state index in [1.54, 1.807) is 11.3 Å². The molecule has 1 N–H and O–H groups in total. The van der Waals surface area contributed by atoms with Crippen molar-refractivity contribution in [1.29, 1.82) is 0 Å². The second kappa shape index (κ2) is 3.04. The normalized spacial score (nSPS) is 16.4. The van der Waals surface area contributed by atoms with E-state index in [0.29, 0.717) is 0 Å². The zero-order valence-electron chi connectivity index (χ0n) is 7.73. The molecular weight excluding hydrogens is 194 g/mol. The predicted octanol–water partition coefficient (Wildman–Crippen LogP) is 2.67. The number of aliphatic hydroxyl groups excluding tert-OH is 1. The number of hydrogen-bond donors (Lipinski definition) is 1. The van der Waals surface area contributed by atoms with Gasteiger partial charge in [0.15, 0.2) is 0 Å². The van der Waals surface area contributed by atoms with Crippen LogP contribution < -0.4 is 0 Å². The number of nitrogens with zero attached hydrogens (tertiary/aromatic N) is 1. The van der Waals surface area contributed by atoms with Gasteiger partial charge in [0.25, 0.3) is 0 Å². The first-order valence-electron chi connectivity index (χ1n) is 4.87. The molecule has 3 rings (SSSR count). The SMILES string of the molecule is OCc1nc2cc(C3CC3)ccc2s1. The molecule has 3 heteroatoms. The van der Waals surface area contributed by atoms with Crippen molar-refractivity contribution in [2.75, 3.05) is 0 Å². The Morgan fingerprint density at radius 1 is 1.43 bits per heavy atom. The van der Waals surface area contributed by atoms with Crippen molar-refractivity contribution >= 4 is 21.6 Å². The summed E-state index contributed by atoms with van der Waals surface area (Å²) in [6, 6.07) is 6.49. The van der Waals surface area contributed by atoms with Gasteiger partial charge < -0.3 is 5.11 Å². The summed E-state index contributed by atoms with van der Waals surface area (Å²) in [7, 11) is 0. The number of hydrogen-bond acceptors (Lipinski definition) is 3. The highest BCUT2D eigenvalue weighted by molar-refractivity contribution is 7.18. The lowest BCUT2D eigenvalue weighted by Crippen LogP contribution is -1.80. The summed E-state index contributed by atoms with van der Waals surface area (Å²) in [5.41, 5.74) is 2.45. The molecule has 1 fully saturated rings. The van der Waals surface area contributed by atoms with Gasteiger partial charge in [-0.05, 0) is 36.5 Å². The molecule has 1 aromatic carbocycles. The van der Waals surface area contributed by atoms with Gasteiger partial charge in [0.05, 0.1) is 16.8 Å². The second-order valence-corrected chi connectivity index (χ2v) is 4.88. The first-order chi connectivity index (χ1) is 6.86. The molecule has 1 saturated carbocycles. The van der Waals surface area contributed by atoms with E-state index >= 15 is 0 Å². The predicted molar refractivity (Wildman–Crippen MR) is 57.5 cm³/mol. The van der Waals surface area contributed by atoms with Gasteiger partial charge in [-0.15, -0.1) is 11.3 Å². The van der Waals surface area contributed by atoms with E-state index in [4.69, 9.17) is 5.11 Å². The minimum atomic E-state index is 0.0537. The Hall–Kier alpha value is -0.930. The minimum absolute atomic E-state index is 0.0537. The molecule has 1 aromatic heterocycles. The van der Waals surface area contributed by atoms with Crippen LogP contribution >= 0.6 is 11.3 Å². The van der Waals surface area contributed by atoms with Crippen LogP contribution in [0.1, 0.15) is 29.3 Å². The van der Waals surface area contributed by atoms with E-state index in [1.165, 1.54) is 23.1 Å². The van der Waals surface area contributed by atoms with Crippen molar-refractivity contribution in [3.63, 3.8) is 0 Å². The van der Waals surface area contributed by atoms with Crippen molar-refractivity contribution in [2.24, 2.45) is 0 Å². The molecule has 0 spiro atoms. The maximum atomic E-state index is 8.98. The van der Waals surface area contributed by atoms with E-state index in [1.807, 2.05) is 0 Å². The average molecular weight is 205 g/mol. The Morgan fingerprint density at radius 3 is 3.00 bits per heavy atom. The van der Waals surface area contributed by atoms with E-state index in [2.05, 4.69) is 23.2 Å². The van der Waals surface area contributed by atoms with E-state index in [9.17, 15) is 0 Å². The lowest BCUT2D eigenvalue weighted by atomic mass is 10.1. The van der Waals surface area contributed by atoms with E-state index < -0.39 is 0 Å². The lowest BCUT2D eigenvalue weighted by Gasteiger charge is -1.95. The van der Waals surface area contributed by atoms with E-state index in [0.717, 1.165) is 16.4 Å². The van der Waals surface area contributed by atoms with Crippen LogP contribution in [-0.4, -0.2) is 10.1 Å². The van der Waals surface area contributed by atoms with Gasteiger partial charge >= 0.3 is 0 Å². The number of rotatable bonds is 2. The number of fused-ring (bicyclic) bond motifs is 1. The molecule has 2 aromatic rings. The van der Waals surface area contributed by atoms with Crippen LogP contribution in [0.15, 0.2) is 18.2 Å². The monoisotopic (exact) mass is 205 g/mol. The quantitative estimate of drug-likeness (QED) is 0.817. The van der Waals surface area contributed by atoms with Crippen molar-refractivity contribution in [3.05, 3.63) is 28.8 Å². The van der Waals surface area contributed by atoms with Crippen LogP contribution in [0.5, 0.6) is 0 Å². The molecule has 1 aliphatic rings. The molecular formula is C11H11NOS. The zero-order chi connectivity index (χ0) is 9.54. The molecule has 14 heavy (non-hydrogen) atoms. The maximum Gasteiger partial charge on any atom is 0.119 e. The molecule has 1 aliphatic carbocycles. The summed E-state index contributed by atoms with van der Waals surface area (Å²) in [5, 5.41) is 9.79. The van der Waals surface area contributed by atoms with Crippen molar-refractivity contribution in [3.8, 4) is 0 Å². The Morgan fingerprint density at radius 2 is 2.29 bits per heavy atom. The average Bonchev–Trinajstić information content (AvgIpc) is 2.97. The Balaban J connectivity index is 2.12. The second-order valence-electron chi connectivity index (χ2n) is 3.77. The van der Waals surface area contributed by atoms with Crippen molar-refractivity contribution < 1.29 is 5.11 Å². The molecule has 0 saturated heterocycles. The fraction of sp³-hybridized carbons (Fsp3) is 0.364. The summed E-state index contributed by atoms with van der Waals surface area (Å²) in [4.78, 5) is 4.37. The number of benzene rings is 1. The van der Waals surface area contributed by atoms with Gasteiger partial charge in [-0.25, -0.2) is 4.98 Å². The largest absolute Gasteiger partial charge is 0.389 e. The zero-order valence-corrected chi connectivity index (χ0v) is 8.55. The highest BCUT2D eigenvalue weighted by atomic mass is 32.1. The third-order valence-electron chi connectivity index (χ3n) is 2.64. The number of aliphatic hydroxyl groups is 1. The first kappa shape index (κ1) is 8.38. The molecule has 1 heterocycles. The summed E-state index contributed by atoms with van der Waals surface area (Å²) in [5.74, 6) is 0.777. The third-order valence-corrected chi connectivity index (χ3v) is 3.66. The summed E-state index contributed by atoms with van der Waals surface area (Å²) in [6.45, 7) is 0.0537. The van der Waals surface area contributed by atoms with Crippen LogP contribution in [0.25, 0.3) is 10.2 Å². The van der Waals surface area contributed by atoms with Gasteiger partial charge in [0, 0.05) is 0 Å². The van der Waals surface area contributed by atoms with Crippen molar-refractivity contribution in [2.45, 2.75) is 25.4 Å². The maximum absolute atomic E-state index is 8.98. The van der Waals surface area contributed by atoms with Crippen molar-refractivity contribution in [1.82, 2.24) is 4.98 Å². The Kier molecular flexibility index (Phi) is 1.82. The number of thiazole rings is 1. The van der Waals surface area contributed by atoms with E-state index in [-0.39, 0.29) is 6.61 Å². The summed E-state index contributed by atoms with van der Waals surface area (Å²) < 4.78 is 1.18. The van der Waals surface area contributed by atoms with Gasteiger partial charge in [0.2, 0.25) is 0 Å². The molecule has 72 valence electrons. The standard InChI is InChI=1S/C11H11NOS/c13-6-11-12-9-5-8(7-1-2-7)3-4-10(9)14-11/h3-5,7,13H,1-2,6H2. The van der Waals surface area contributed by atoms with Crippen LogP contribution in [-0.2, 0) is 6.61 Å². The van der Waals surface area contributed by atoms with Gasteiger partial charge in [-0.3, -0.25) is 0 Å². The van der Waals surface area contributed by atoms with Crippen LogP contribution in [0, 0.1) is 0 Å². The van der Waals surface area contributed by atoms with Crippen LogP contribution in [0.2, 0.25) is 0 Å². The Bertz CT molecular complexity index is 473. The molecule has 0 radical (unpaired) electrons. The summed E-state index contributed by atoms with van der Waals surface area (Å²) in [6.07, 6.45) is 2.64. The molecule has 0 amide bonds. The Labute approximate surface area is 86.2 Å². The van der Waals surface area contributed by atoms with Crippen LogP contribution in [0.4, 0.5) is 0 Å². The fourth-order valence-electron chi connectivity index (χ4n) is 1.73. The fourth-order valence-corrected chi connectivity index (χ4v) is 2.54.